The number of esters is 1. The van der Waals surface area contributed by atoms with Crippen LogP contribution in [-0.4, -0.2) is 18.8 Å². The highest BCUT2D eigenvalue weighted by Crippen LogP contribution is 2.34. The summed E-state index contributed by atoms with van der Waals surface area (Å²) in [6.07, 6.45) is 0. The Morgan fingerprint density at radius 2 is 1.52 bits per heavy atom. The van der Waals surface area contributed by atoms with Crippen LogP contribution in [0.5, 0.6) is 5.75 Å². The van der Waals surface area contributed by atoms with Gasteiger partial charge in [0.25, 0.3) is 0 Å². The van der Waals surface area contributed by atoms with Gasteiger partial charge in [-0.3, -0.25) is 4.79 Å². The molecule has 0 fully saturated rings. The largest absolute Gasteiger partial charge is 0.457 e. The maximum Gasteiger partial charge on any atom is 0.326 e. The lowest BCUT2D eigenvalue weighted by molar-refractivity contribution is -0.152. The van der Waals surface area contributed by atoms with Gasteiger partial charge in [-0.05, 0) is 28.9 Å². The first kappa shape index (κ1) is 21.7. The number of carbonyl (C=O) groups excluding carboxylic acids is 1. The van der Waals surface area contributed by atoms with Crippen LogP contribution in [0.15, 0.2) is 18.2 Å². The second kappa shape index (κ2) is 9.78. The monoisotopic (exact) mass is 343 g/mol. The molecule has 0 saturated heterocycles. The summed E-state index contributed by atoms with van der Waals surface area (Å²) >= 11 is 0. The minimum atomic E-state index is -0.617. The van der Waals surface area contributed by atoms with Crippen molar-refractivity contribution in [2.24, 2.45) is 11.7 Å². The fourth-order valence-electron chi connectivity index (χ4n) is 2.16. The van der Waals surface area contributed by atoms with Crippen LogP contribution in [-0.2, 0) is 9.53 Å². The summed E-state index contributed by atoms with van der Waals surface area (Å²) in [7, 11) is 0. The van der Waals surface area contributed by atoms with Crippen molar-refractivity contribution >= 4 is 18.4 Å². The molecule has 0 bridgehead atoms. The summed E-state index contributed by atoms with van der Waals surface area (Å²) < 4.78 is 10.9. The third-order valence-corrected chi connectivity index (χ3v) is 3.71. The fraction of sp³-hybridized carbons (Fsp3) is 0.611. The van der Waals surface area contributed by atoms with Crippen molar-refractivity contribution < 1.29 is 14.3 Å². The van der Waals surface area contributed by atoms with Crippen LogP contribution in [0.25, 0.3) is 0 Å². The molecule has 1 unspecified atom stereocenters. The van der Waals surface area contributed by atoms with Crippen molar-refractivity contribution in [3.8, 4) is 5.75 Å². The van der Waals surface area contributed by atoms with E-state index >= 15 is 0 Å². The Bertz CT molecular complexity index is 475. The predicted molar refractivity (Wildman–Crippen MR) is 96.3 cm³/mol. The second-order valence-corrected chi connectivity index (χ2v) is 6.57. The standard InChI is InChI=1S/C18H29NO3.ClH/c1-11(2)14-8-7-9-15(12(3)4)17(14)21-10-22-18(20)16(19)13(5)6;/h7-9,11-13,16H,10,19H2,1-6H3;1H. The predicted octanol–water partition coefficient (Wildman–Crippen LogP) is 4.22. The minimum absolute atomic E-state index is 0. The summed E-state index contributed by atoms with van der Waals surface area (Å²) in [6.45, 7) is 12.1. The number of benzene rings is 1. The third-order valence-electron chi connectivity index (χ3n) is 3.71. The first-order valence-corrected chi connectivity index (χ1v) is 7.93. The lowest BCUT2D eigenvalue weighted by atomic mass is 9.94. The number of halogens is 1. The van der Waals surface area contributed by atoms with Gasteiger partial charge in [0.2, 0.25) is 6.79 Å². The Hall–Kier alpha value is -1.26. The smallest absolute Gasteiger partial charge is 0.326 e. The van der Waals surface area contributed by atoms with E-state index in [0.717, 1.165) is 16.9 Å². The molecule has 0 aliphatic heterocycles. The molecule has 1 rings (SSSR count). The SMILES string of the molecule is CC(C)c1cccc(C(C)C)c1OCOC(=O)C(N)C(C)C.Cl. The number of nitrogens with two attached hydrogens (primary N) is 1. The highest BCUT2D eigenvalue weighted by atomic mass is 35.5. The molecular weight excluding hydrogens is 314 g/mol. The van der Waals surface area contributed by atoms with Crippen molar-refractivity contribution in [3.05, 3.63) is 29.3 Å². The number of para-hydroxylation sites is 1. The first-order valence-electron chi connectivity index (χ1n) is 7.93. The summed E-state index contributed by atoms with van der Waals surface area (Å²) in [4.78, 5) is 11.8. The molecule has 0 aliphatic carbocycles. The number of ether oxygens (including phenoxy) is 2. The molecule has 1 atom stereocenters. The fourth-order valence-corrected chi connectivity index (χ4v) is 2.16. The van der Waals surface area contributed by atoms with Gasteiger partial charge in [0, 0.05) is 0 Å². The summed E-state index contributed by atoms with van der Waals surface area (Å²) in [5.41, 5.74) is 8.01. The van der Waals surface area contributed by atoms with Crippen LogP contribution < -0.4 is 10.5 Å². The van der Waals surface area contributed by atoms with Crippen molar-refractivity contribution in [1.82, 2.24) is 0 Å². The van der Waals surface area contributed by atoms with Crippen LogP contribution >= 0.6 is 12.4 Å². The zero-order chi connectivity index (χ0) is 16.9. The van der Waals surface area contributed by atoms with Crippen LogP contribution in [0.3, 0.4) is 0 Å². The summed E-state index contributed by atoms with van der Waals surface area (Å²) in [6, 6.07) is 5.52. The molecule has 0 saturated carbocycles. The number of carbonyl (C=O) groups is 1. The molecule has 1 aromatic rings. The van der Waals surface area contributed by atoms with E-state index in [2.05, 4.69) is 27.7 Å². The summed E-state index contributed by atoms with van der Waals surface area (Å²) in [5.74, 6) is 1.10. The van der Waals surface area contributed by atoms with E-state index < -0.39 is 12.0 Å². The van der Waals surface area contributed by atoms with Crippen LogP contribution in [0, 0.1) is 5.92 Å². The average Bonchev–Trinajstić information content (AvgIpc) is 2.45. The van der Waals surface area contributed by atoms with Crippen molar-refractivity contribution in [1.29, 1.82) is 0 Å². The van der Waals surface area contributed by atoms with Crippen LogP contribution in [0.2, 0.25) is 0 Å². The van der Waals surface area contributed by atoms with Gasteiger partial charge in [0.05, 0.1) is 0 Å². The molecule has 0 amide bonds. The van der Waals surface area contributed by atoms with E-state index in [0.29, 0.717) is 11.8 Å². The average molecular weight is 344 g/mol. The number of hydrogen-bond acceptors (Lipinski definition) is 4. The molecular formula is C18H30ClNO3. The molecule has 5 heteroatoms. The van der Waals surface area contributed by atoms with E-state index in [1.807, 2.05) is 32.0 Å². The van der Waals surface area contributed by atoms with Crippen molar-refractivity contribution in [3.63, 3.8) is 0 Å². The van der Waals surface area contributed by atoms with Gasteiger partial charge in [-0.15, -0.1) is 12.4 Å². The van der Waals surface area contributed by atoms with Gasteiger partial charge in [0.15, 0.2) is 0 Å². The van der Waals surface area contributed by atoms with Gasteiger partial charge in [-0.2, -0.15) is 0 Å². The minimum Gasteiger partial charge on any atom is -0.457 e. The van der Waals surface area contributed by atoms with Gasteiger partial charge in [-0.1, -0.05) is 59.7 Å². The molecule has 2 N–H and O–H groups in total. The molecule has 0 spiro atoms. The topological polar surface area (TPSA) is 61.5 Å². The van der Waals surface area contributed by atoms with Gasteiger partial charge in [0.1, 0.15) is 11.8 Å². The zero-order valence-corrected chi connectivity index (χ0v) is 15.8. The van der Waals surface area contributed by atoms with E-state index in [1.54, 1.807) is 0 Å². The maximum absolute atomic E-state index is 11.8. The molecule has 4 nitrogen and oxygen atoms in total. The second-order valence-electron chi connectivity index (χ2n) is 6.57. The van der Waals surface area contributed by atoms with E-state index in [9.17, 15) is 4.79 Å². The molecule has 0 heterocycles. The highest BCUT2D eigenvalue weighted by molar-refractivity contribution is 5.85. The Morgan fingerprint density at radius 1 is 1.04 bits per heavy atom. The lowest BCUT2D eigenvalue weighted by Crippen LogP contribution is -2.37. The molecule has 23 heavy (non-hydrogen) atoms. The number of hydrogen-bond donors (Lipinski definition) is 1. The normalized spacial score (nSPS) is 12.3. The molecule has 0 aliphatic rings. The molecule has 0 radical (unpaired) electrons. The Labute approximate surface area is 146 Å². The Morgan fingerprint density at radius 3 is 1.91 bits per heavy atom. The molecule has 1 aromatic carbocycles. The highest BCUT2D eigenvalue weighted by Gasteiger charge is 2.20. The lowest BCUT2D eigenvalue weighted by Gasteiger charge is -2.20. The van der Waals surface area contributed by atoms with Crippen LogP contribution in [0.1, 0.15) is 64.5 Å². The van der Waals surface area contributed by atoms with E-state index in [-0.39, 0.29) is 25.1 Å². The van der Waals surface area contributed by atoms with Crippen molar-refractivity contribution in [2.45, 2.75) is 59.4 Å². The van der Waals surface area contributed by atoms with Gasteiger partial charge >= 0.3 is 5.97 Å². The van der Waals surface area contributed by atoms with Gasteiger partial charge < -0.3 is 15.2 Å². The Balaban J connectivity index is 0.00000484. The quantitative estimate of drug-likeness (QED) is 0.594. The number of rotatable bonds is 7. The van der Waals surface area contributed by atoms with E-state index in [1.165, 1.54) is 0 Å². The first-order chi connectivity index (χ1) is 10.3. The maximum atomic E-state index is 11.8. The van der Waals surface area contributed by atoms with Gasteiger partial charge in [-0.25, -0.2) is 0 Å². The third kappa shape index (κ3) is 6.04. The molecule has 132 valence electrons. The van der Waals surface area contributed by atoms with E-state index in [4.69, 9.17) is 15.2 Å². The summed E-state index contributed by atoms with van der Waals surface area (Å²) in [5, 5.41) is 0. The van der Waals surface area contributed by atoms with Crippen LogP contribution in [0.4, 0.5) is 0 Å². The Kier molecular flexibility index (Phi) is 9.25. The molecule has 0 aromatic heterocycles. The van der Waals surface area contributed by atoms with Crippen molar-refractivity contribution in [2.75, 3.05) is 6.79 Å². The zero-order valence-electron chi connectivity index (χ0n) is 15.0.